The van der Waals surface area contributed by atoms with Crippen LogP contribution >= 0.6 is 27.3 Å². The first kappa shape index (κ1) is 12.9. The molecule has 0 radical (unpaired) electrons. The fourth-order valence-corrected chi connectivity index (χ4v) is 3.67. The minimum atomic E-state index is 0.0594. The van der Waals surface area contributed by atoms with Gasteiger partial charge in [0.05, 0.1) is 17.0 Å². The van der Waals surface area contributed by atoms with Crippen molar-refractivity contribution < 1.29 is 9.53 Å². The molecule has 0 bridgehead atoms. The molecule has 1 aliphatic heterocycles. The lowest BCUT2D eigenvalue weighted by Crippen LogP contribution is -2.02. The van der Waals surface area contributed by atoms with E-state index in [9.17, 15) is 4.79 Å². The molecule has 2 nitrogen and oxygen atoms in total. The Morgan fingerprint density at radius 3 is 3.00 bits per heavy atom. The number of aryl methyl sites for hydroxylation is 1. The van der Waals surface area contributed by atoms with Crippen LogP contribution in [-0.2, 0) is 12.8 Å². The summed E-state index contributed by atoms with van der Waals surface area (Å²) in [6, 6.07) is 7.83. The van der Waals surface area contributed by atoms with Crippen LogP contribution in [-0.4, -0.2) is 12.4 Å². The highest BCUT2D eigenvalue weighted by Gasteiger charge is 2.23. The van der Waals surface area contributed by atoms with Crippen molar-refractivity contribution in [1.29, 1.82) is 0 Å². The fraction of sp³-hybridized carbons (Fsp3) is 0.267. The van der Waals surface area contributed by atoms with Gasteiger partial charge in [-0.15, -0.1) is 11.3 Å². The molecule has 3 rings (SSSR count). The summed E-state index contributed by atoms with van der Waals surface area (Å²) < 4.78 is 6.56. The van der Waals surface area contributed by atoms with Crippen LogP contribution in [0.3, 0.4) is 0 Å². The number of thiophene rings is 1. The second kappa shape index (κ2) is 5.10. The zero-order chi connectivity index (χ0) is 13.4. The van der Waals surface area contributed by atoms with Crippen molar-refractivity contribution in [2.45, 2.75) is 19.8 Å². The minimum absolute atomic E-state index is 0.0594. The largest absolute Gasteiger partial charge is 0.492 e. The first-order valence-corrected chi connectivity index (χ1v) is 7.88. The van der Waals surface area contributed by atoms with Crippen molar-refractivity contribution >= 4 is 33.0 Å². The van der Waals surface area contributed by atoms with Gasteiger partial charge in [-0.3, -0.25) is 4.79 Å². The number of ether oxygens (including phenoxy) is 1. The summed E-state index contributed by atoms with van der Waals surface area (Å²) in [6.45, 7) is 2.76. The van der Waals surface area contributed by atoms with Crippen LogP contribution < -0.4 is 4.74 Å². The number of carbonyl (C=O) groups is 1. The second-order valence-electron chi connectivity index (χ2n) is 4.49. The summed E-state index contributed by atoms with van der Waals surface area (Å²) >= 11 is 5.04. The van der Waals surface area contributed by atoms with E-state index in [-0.39, 0.29) is 5.78 Å². The van der Waals surface area contributed by atoms with Crippen molar-refractivity contribution in [3.8, 4) is 5.75 Å². The third kappa shape index (κ3) is 2.35. The Morgan fingerprint density at radius 1 is 1.42 bits per heavy atom. The highest BCUT2D eigenvalue weighted by Crippen LogP contribution is 2.35. The van der Waals surface area contributed by atoms with E-state index < -0.39 is 0 Å². The molecular formula is C15H13BrO2S. The van der Waals surface area contributed by atoms with Crippen molar-refractivity contribution in [3.05, 3.63) is 49.6 Å². The molecule has 0 N–H and O–H groups in total. The van der Waals surface area contributed by atoms with Crippen LogP contribution in [0.5, 0.6) is 5.75 Å². The summed E-state index contributed by atoms with van der Waals surface area (Å²) in [4.78, 5) is 14.6. The van der Waals surface area contributed by atoms with Crippen LogP contribution in [0, 0.1) is 0 Å². The number of carbonyl (C=O) groups excluding carboxylic acids is 1. The van der Waals surface area contributed by atoms with Gasteiger partial charge < -0.3 is 4.74 Å². The Morgan fingerprint density at radius 2 is 2.26 bits per heavy atom. The van der Waals surface area contributed by atoms with E-state index in [1.54, 1.807) is 11.3 Å². The van der Waals surface area contributed by atoms with E-state index in [2.05, 4.69) is 22.9 Å². The van der Waals surface area contributed by atoms with Crippen molar-refractivity contribution in [2.75, 3.05) is 6.61 Å². The number of ketones is 1. The third-order valence-electron chi connectivity index (χ3n) is 3.23. The lowest BCUT2D eigenvalue weighted by atomic mass is 10.0. The second-order valence-corrected chi connectivity index (χ2v) is 6.57. The number of halogens is 1. The quantitative estimate of drug-likeness (QED) is 0.783. The van der Waals surface area contributed by atoms with E-state index in [1.807, 2.05) is 24.3 Å². The van der Waals surface area contributed by atoms with E-state index >= 15 is 0 Å². The van der Waals surface area contributed by atoms with Gasteiger partial charge in [0.15, 0.2) is 0 Å². The van der Waals surface area contributed by atoms with Crippen molar-refractivity contribution in [2.24, 2.45) is 0 Å². The Kier molecular flexibility index (Phi) is 3.46. The Balaban J connectivity index is 2.04. The van der Waals surface area contributed by atoms with Gasteiger partial charge in [-0.25, -0.2) is 0 Å². The average molecular weight is 337 g/mol. The topological polar surface area (TPSA) is 26.3 Å². The minimum Gasteiger partial charge on any atom is -0.492 e. The van der Waals surface area contributed by atoms with E-state index in [4.69, 9.17) is 4.74 Å². The van der Waals surface area contributed by atoms with Crippen LogP contribution in [0.15, 0.2) is 28.7 Å². The highest BCUT2D eigenvalue weighted by molar-refractivity contribution is 9.10. The molecule has 0 saturated heterocycles. The van der Waals surface area contributed by atoms with Gasteiger partial charge in [0.25, 0.3) is 0 Å². The third-order valence-corrected chi connectivity index (χ3v) is 4.91. The van der Waals surface area contributed by atoms with Crippen LogP contribution in [0.2, 0.25) is 0 Å². The summed E-state index contributed by atoms with van der Waals surface area (Å²) in [5, 5.41) is 0. The van der Waals surface area contributed by atoms with Gasteiger partial charge in [0.2, 0.25) is 5.78 Å². The number of hydrogen-bond donors (Lipinski definition) is 0. The predicted octanol–water partition coefficient (Wildman–Crippen LogP) is 4.24. The number of fused-ring (bicyclic) bond motifs is 1. The zero-order valence-corrected chi connectivity index (χ0v) is 12.9. The van der Waals surface area contributed by atoms with Crippen molar-refractivity contribution in [3.63, 3.8) is 0 Å². The smallest absolute Gasteiger partial charge is 0.206 e. The first-order chi connectivity index (χ1) is 9.19. The highest BCUT2D eigenvalue weighted by atomic mass is 79.9. The van der Waals surface area contributed by atoms with Gasteiger partial charge in [-0.1, -0.05) is 22.9 Å². The average Bonchev–Trinajstić information content (AvgIpc) is 3.04. The van der Waals surface area contributed by atoms with Gasteiger partial charge in [0, 0.05) is 15.8 Å². The molecule has 1 aromatic heterocycles. The predicted molar refractivity (Wildman–Crippen MR) is 80.5 cm³/mol. The van der Waals surface area contributed by atoms with Crippen LogP contribution in [0.1, 0.15) is 32.6 Å². The molecule has 2 heterocycles. The van der Waals surface area contributed by atoms with Gasteiger partial charge in [-0.05, 0) is 36.2 Å². The van der Waals surface area contributed by atoms with Crippen molar-refractivity contribution in [1.82, 2.24) is 0 Å². The summed E-state index contributed by atoms with van der Waals surface area (Å²) in [6.07, 6.45) is 1.84. The maximum absolute atomic E-state index is 12.6. The number of benzene rings is 1. The normalized spacial score (nSPS) is 13.2. The van der Waals surface area contributed by atoms with Crippen LogP contribution in [0.4, 0.5) is 0 Å². The SMILES string of the molecule is CCc1ccc(C(=O)c2cc(Br)cc3c2OCC3)s1. The fourth-order valence-electron chi connectivity index (χ4n) is 2.26. The molecule has 2 aromatic rings. The molecule has 0 saturated carbocycles. The molecule has 1 aromatic carbocycles. The summed E-state index contributed by atoms with van der Waals surface area (Å²) in [5.74, 6) is 0.823. The molecule has 0 aliphatic carbocycles. The summed E-state index contributed by atoms with van der Waals surface area (Å²) in [7, 11) is 0. The molecule has 19 heavy (non-hydrogen) atoms. The van der Waals surface area contributed by atoms with Crippen LogP contribution in [0.25, 0.3) is 0 Å². The van der Waals surface area contributed by atoms with E-state index in [0.717, 1.165) is 33.5 Å². The lowest BCUT2D eigenvalue weighted by Gasteiger charge is -2.07. The van der Waals surface area contributed by atoms with Gasteiger partial charge in [-0.2, -0.15) is 0 Å². The maximum atomic E-state index is 12.6. The Hall–Kier alpha value is -1.13. The molecule has 1 aliphatic rings. The zero-order valence-electron chi connectivity index (χ0n) is 10.5. The molecular weight excluding hydrogens is 324 g/mol. The Bertz CT molecular complexity index is 646. The molecule has 0 atom stereocenters. The van der Waals surface area contributed by atoms with Gasteiger partial charge in [0.1, 0.15) is 5.75 Å². The summed E-state index contributed by atoms with van der Waals surface area (Å²) in [5.41, 5.74) is 1.79. The lowest BCUT2D eigenvalue weighted by molar-refractivity contribution is 0.103. The van der Waals surface area contributed by atoms with E-state index in [0.29, 0.717) is 12.2 Å². The first-order valence-electron chi connectivity index (χ1n) is 6.27. The molecule has 0 spiro atoms. The van der Waals surface area contributed by atoms with E-state index in [1.165, 1.54) is 4.88 Å². The maximum Gasteiger partial charge on any atom is 0.206 e. The molecule has 0 unspecified atom stereocenters. The Labute approximate surface area is 124 Å². The molecule has 0 amide bonds. The van der Waals surface area contributed by atoms with Gasteiger partial charge >= 0.3 is 0 Å². The monoisotopic (exact) mass is 336 g/mol. The molecule has 98 valence electrons. The number of rotatable bonds is 3. The number of hydrogen-bond acceptors (Lipinski definition) is 3. The standard InChI is InChI=1S/C15H13BrO2S/c1-2-11-3-4-13(19-11)14(17)12-8-10(16)7-9-5-6-18-15(9)12/h3-4,7-8H,2,5-6H2,1H3. The molecule has 0 fully saturated rings. The molecule has 4 heteroatoms.